The Morgan fingerprint density at radius 2 is 2.08 bits per heavy atom. The molecule has 4 nitrogen and oxygen atoms in total. The number of hydrogen-bond donors (Lipinski definition) is 0. The van der Waals surface area contributed by atoms with Gasteiger partial charge in [0.25, 0.3) is 0 Å². The number of hydrogen-bond acceptors (Lipinski definition) is 4. The number of carbonyl (C=O) groups excluding carboxylic acids is 1. The fourth-order valence-corrected chi connectivity index (χ4v) is 0.791. The van der Waals surface area contributed by atoms with Crippen molar-refractivity contribution in [2.45, 2.75) is 26.4 Å². The molecule has 0 heterocycles. The Balaban J connectivity index is 3.38. The van der Waals surface area contributed by atoms with Crippen molar-refractivity contribution in [1.82, 2.24) is 0 Å². The van der Waals surface area contributed by atoms with Crippen molar-refractivity contribution >= 4 is 5.97 Å². The third-order valence-corrected chi connectivity index (χ3v) is 1.48. The van der Waals surface area contributed by atoms with Crippen molar-refractivity contribution in [3.05, 3.63) is 0 Å². The standard InChI is InChI=1S/C9H18O4/c1-4-12-9(10)8(2)13-7-5-6-11-3/h8H,4-7H2,1-3H3. The molecule has 0 N–H and O–H groups in total. The van der Waals surface area contributed by atoms with Gasteiger partial charge in [-0.05, 0) is 20.3 Å². The van der Waals surface area contributed by atoms with Crippen LogP contribution in [-0.4, -0.2) is 39.0 Å². The molecule has 1 atom stereocenters. The third kappa shape index (κ3) is 6.54. The van der Waals surface area contributed by atoms with Gasteiger partial charge in [0.05, 0.1) is 6.61 Å². The molecule has 1 unspecified atom stereocenters. The highest BCUT2D eigenvalue weighted by Crippen LogP contribution is 1.96. The Morgan fingerprint density at radius 1 is 1.38 bits per heavy atom. The first-order valence-electron chi connectivity index (χ1n) is 4.49. The second-order valence-electron chi connectivity index (χ2n) is 2.61. The summed E-state index contributed by atoms with van der Waals surface area (Å²) in [5.74, 6) is -0.306. The fourth-order valence-electron chi connectivity index (χ4n) is 0.791. The average Bonchev–Trinajstić information content (AvgIpc) is 2.12. The summed E-state index contributed by atoms with van der Waals surface area (Å²) in [6.45, 7) is 5.02. The van der Waals surface area contributed by atoms with Gasteiger partial charge in [-0.3, -0.25) is 0 Å². The fraction of sp³-hybridized carbons (Fsp3) is 0.889. The first-order valence-corrected chi connectivity index (χ1v) is 4.49. The highest BCUT2D eigenvalue weighted by Gasteiger charge is 2.13. The number of ether oxygens (including phenoxy) is 3. The van der Waals surface area contributed by atoms with E-state index in [0.717, 1.165) is 6.42 Å². The lowest BCUT2D eigenvalue weighted by Crippen LogP contribution is -2.24. The smallest absolute Gasteiger partial charge is 0.334 e. The third-order valence-electron chi connectivity index (χ3n) is 1.48. The Hall–Kier alpha value is -0.610. The van der Waals surface area contributed by atoms with E-state index in [1.807, 2.05) is 0 Å². The Kier molecular flexibility index (Phi) is 7.63. The minimum atomic E-state index is -0.475. The number of carbonyl (C=O) groups is 1. The molecule has 0 saturated heterocycles. The van der Waals surface area contributed by atoms with Crippen LogP contribution in [0, 0.1) is 0 Å². The highest BCUT2D eigenvalue weighted by molar-refractivity contribution is 5.74. The molecule has 0 aliphatic rings. The van der Waals surface area contributed by atoms with E-state index in [9.17, 15) is 4.79 Å². The topological polar surface area (TPSA) is 44.8 Å². The van der Waals surface area contributed by atoms with E-state index < -0.39 is 6.10 Å². The van der Waals surface area contributed by atoms with E-state index >= 15 is 0 Å². The van der Waals surface area contributed by atoms with E-state index in [1.54, 1.807) is 21.0 Å². The summed E-state index contributed by atoms with van der Waals surface area (Å²) >= 11 is 0. The van der Waals surface area contributed by atoms with Gasteiger partial charge in [0.2, 0.25) is 0 Å². The summed E-state index contributed by atoms with van der Waals surface area (Å²) in [6.07, 6.45) is 0.317. The molecule has 0 spiro atoms. The van der Waals surface area contributed by atoms with Crippen LogP contribution in [0.2, 0.25) is 0 Å². The van der Waals surface area contributed by atoms with Gasteiger partial charge in [0.1, 0.15) is 0 Å². The van der Waals surface area contributed by atoms with Gasteiger partial charge in [-0.1, -0.05) is 0 Å². The van der Waals surface area contributed by atoms with Crippen LogP contribution in [-0.2, 0) is 19.0 Å². The molecule has 0 fully saturated rings. The minimum Gasteiger partial charge on any atom is -0.464 e. The maximum atomic E-state index is 11.0. The van der Waals surface area contributed by atoms with E-state index in [1.165, 1.54) is 0 Å². The molecule has 0 aliphatic heterocycles. The first-order chi connectivity index (χ1) is 6.22. The predicted octanol–water partition coefficient (Wildman–Crippen LogP) is 0.991. The van der Waals surface area contributed by atoms with E-state index in [0.29, 0.717) is 19.8 Å². The SMILES string of the molecule is CCOC(=O)C(C)OCCCOC. The van der Waals surface area contributed by atoms with E-state index in [2.05, 4.69) is 0 Å². The normalized spacial score (nSPS) is 12.5. The maximum absolute atomic E-state index is 11.0. The Morgan fingerprint density at radius 3 is 2.62 bits per heavy atom. The monoisotopic (exact) mass is 190 g/mol. The van der Waals surface area contributed by atoms with Crippen molar-refractivity contribution in [3.8, 4) is 0 Å². The summed E-state index contributed by atoms with van der Waals surface area (Å²) in [4.78, 5) is 11.0. The summed E-state index contributed by atoms with van der Waals surface area (Å²) in [5, 5.41) is 0. The summed E-state index contributed by atoms with van der Waals surface area (Å²) in [5.41, 5.74) is 0. The minimum absolute atomic E-state index is 0.306. The quantitative estimate of drug-likeness (QED) is 0.443. The molecule has 4 heteroatoms. The molecule has 0 amide bonds. The molecule has 0 saturated carbocycles. The number of esters is 1. The van der Waals surface area contributed by atoms with Crippen LogP contribution in [0.15, 0.2) is 0 Å². The summed E-state index contributed by atoms with van der Waals surface area (Å²) in [6, 6.07) is 0. The molecule has 0 bridgehead atoms. The van der Waals surface area contributed by atoms with Gasteiger partial charge in [-0.2, -0.15) is 0 Å². The highest BCUT2D eigenvalue weighted by atomic mass is 16.6. The Bertz CT molecular complexity index is 136. The van der Waals surface area contributed by atoms with Crippen LogP contribution in [0.5, 0.6) is 0 Å². The van der Waals surface area contributed by atoms with Crippen molar-refractivity contribution in [2.75, 3.05) is 26.9 Å². The molecule has 0 radical (unpaired) electrons. The molecule has 0 rings (SSSR count). The van der Waals surface area contributed by atoms with Crippen LogP contribution in [0.25, 0.3) is 0 Å². The van der Waals surface area contributed by atoms with Gasteiger partial charge < -0.3 is 14.2 Å². The van der Waals surface area contributed by atoms with Crippen molar-refractivity contribution in [3.63, 3.8) is 0 Å². The molecule has 78 valence electrons. The van der Waals surface area contributed by atoms with Crippen LogP contribution in [0.4, 0.5) is 0 Å². The predicted molar refractivity (Wildman–Crippen MR) is 48.5 cm³/mol. The van der Waals surface area contributed by atoms with Gasteiger partial charge in [0, 0.05) is 20.3 Å². The zero-order chi connectivity index (χ0) is 10.1. The van der Waals surface area contributed by atoms with Crippen molar-refractivity contribution in [1.29, 1.82) is 0 Å². The molecular formula is C9H18O4. The van der Waals surface area contributed by atoms with E-state index in [-0.39, 0.29) is 5.97 Å². The summed E-state index contributed by atoms with van der Waals surface area (Å²) < 4.78 is 14.8. The van der Waals surface area contributed by atoms with Gasteiger partial charge in [0.15, 0.2) is 6.10 Å². The molecular weight excluding hydrogens is 172 g/mol. The number of rotatable bonds is 7. The number of methoxy groups -OCH3 is 1. The van der Waals surface area contributed by atoms with Crippen molar-refractivity contribution < 1.29 is 19.0 Å². The lowest BCUT2D eigenvalue weighted by molar-refractivity contribution is -0.155. The van der Waals surface area contributed by atoms with Crippen molar-refractivity contribution in [2.24, 2.45) is 0 Å². The van der Waals surface area contributed by atoms with Crippen LogP contribution >= 0.6 is 0 Å². The zero-order valence-corrected chi connectivity index (χ0v) is 8.54. The largest absolute Gasteiger partial charge is 0.464 e. The molecule has 0 aromatic carbocycles. The summed E-state index contributed by atoms with van der Waals surface area (Å²) in [7, 11) is 1.63. The van der Waals surface area contributed by atoms with Gasteiger partial charge >= 0.3 is 5.97 Å². The van der Waals surface area contributed by atoms with Crippen LogP contribution < -0.4 is 0 Å². The Labute approximate surface area is 79.2 Å². The lowest BCUT2D eigenvalue weighted by Gasteiger charge is -2.11. The van der Waals surface area contributed by atoms with Gasteiger partial charge in [-0.25, -0.2) is 4.79 Å². The zero-order valence-electron chi connectivity index (χ0n) is 8.54. The average molecular weight is 190 g/mol. The lowest BCUT2D eigenvalue weighted by atomic mass is 10.4. The molecule has 13 heavy (non-hydrogen) atoms. The molecule has 0 aromatic rings. The molecule has 0 aromatic heterocycles. The van der Waals surface area contributed by atoms with Crippen LogP contribution in [0.3, 0.4) is 0 Å². The van der Waals surface area contributed by atoms with Crippen LogP contribution in [0.1, 0.15) is 20.3 Å². The maximum Gasteiger partial charge on any atom is 0.334 e. The molecule has 0 aliphatic carbocycles. The second-order valence-corrected chi connectivity index (χ2v) is 2.61. The van der Waals surface area contributed by atoms with E-state index in [4.69, 9.17) is 14.2 Å². The second kappa shape index (κ2) is 8.01. The van der Waals surface area contributed by atoms with Gasteiger partial charge in [-0.15, -0.1) is 0 Å². The first kappa shape index (κ1) is 12.4.